The molecular formula is C7H17NOS. The molecule has 3 N–H and O–H groups in total. The lowest BCUT2D eigenvalue weighted by molar-refractivity contribution is 0.265. The Bertz CT molecular complexity index is 93.6. The van der Waals surface area contributed by atoms with E-state index >= 15 is 0 Å². The van der Waals surface area contributed by atoms with Crippen LogP contribution >= 0.6 is 11.8 Å². The summed E-state index contributed by atoms with van der Waals surface area (Å²) in [5.74, 6) is 0.910. The Kier molecular flexibility index (Phi) is 4.32. The van der Waals surface area contributed by atoms with Crippen LogP contribution in [0, 0.1) is 0 Å². The van der Waals surface area contributed by atoms with Gasteiger partial charge in [-0.05, 0) is 20.8 Å². The molecule has 62 valence electrons. The van der Waals surface area contributed by atoms with Gasteiger partial charge >= 0.3 is 0 Å². The molecule has 10 heavy (non-hydrogen) atoms. The van der Waals surface area contributed by atoms with Crippen molar-refractivity contribution >= 4 is 11.8 Å². The average Bonchev–Trinajstić information content (AvgIpc) is 1.85. The van der Waals surface area contributed by atoms with Crippen molar-refractivity contribution in [1.29, 1.82) is 0 Å². The Balaban J connectivity index is 3.46. The lowest BCUT2D eigenvalue weighted by Gasteiger charge is -2.21. The molecule has 0 unspecified atom stereocenters. The summed E-state index contributed by atoms with van der Waals surface area (Å²) in [7, 11) is 0. The minimum absolute atomic E-state index is 0.0341. The van der Waals surface area contributed by atoms with Crippen LogP contribution in [0.3, 0.4) is 0 Å². The van der Waals surface area contributed by atoms with E-state index in [9.17, 15) is 0 Å². The average molecular weight is 163 g/mol. The second kappa shape index (κ2) is 4.21. The molecule has 0 aromatic carbocycles. The molecule has 0 aliphatic heterocycles. The fourth-order valence-corrected chi connectivity index (χ4v) is 1.21. The minimum atomic E-state index is -0.0341. The lowest BCUT2D eigenvalue weighted by Crippen LogP contribution is -2.26. The maximum absolute atomic E-state index is 8.85. The maximum Gasteiger partial charge on any atom is 0.0572 e. The van der Waals surface area contributed by atoms with Crippen molar-refractivity contribution in [2.24, 2.45) is 5.73 Å². The van der Waals surface area contributed by atoms with E-state index < -0.39 is 0 Å². The molecule has 0 aromatic heterocycles. The van der Waals surface area contributed by atoms with Crippen LogP contribution in [0.5, 0.6) is 0 Å². The van der Waals surface area contributed by atoms with Gasteiger partial charge in [0.05, 0.1) is 6.61 Å². The summed E-state index contributed by atoms with van der Waals surface area (Å²) in [6.07, 6.45) is 0. The lowest BCUT2D eigenvalue weighted by atomic mass is 10.2. The van der Waals surface area contributed by atoms with Gasteiger partial charge in [0.2, 0.25) is 0 Å². The summed E-state index contributed by atoms with van der Waals surface area (Å²) in [6.45, 7) is 6.21. The van der Waals surface area contributed by atoms with E-state index in [1.54, 1.807) is 11.8 Å². The largest absolute Gasteiger partial charge is 0.395 e. The molecule has 0 saturated carbocycles. The Hall–Kier alpha value is 0.270. The Labute approximate surface area is 67.2 Å². The molecular weight excluding hydrogens is 146 g/mol. The highest BCUT2D eigenvalue weighted by Crippen LogP contribution is 2.23. The van der Waals surface area contributed by atoms with E-state index in [4.69, 9.17) is 10.8 Å². The molecule has 2 nitrogen and oxygen atoms in total. The SMILES string of the molecule is C[C@@H](N)CSC(C)(C)CO. The third kappa shape index (κ3) is 5.09. The second-order valence-corrected chi connectivity index (χ2v) is 4.93. The van der Waals surface area contributed by atoms with E-state index in [1.807, 2.05) is 20.8 Å². The van der Waals surface area contributed by atoms with Gasteiger partial charge in [-0.2, -0.15) is 11.8 Å². The van der Waals surface area contributed by atoms with Crippen LogP contribution in [0.4, 0.5) is 0 Å². The van der Waals surface area contributed by atoms with E-state index in [0.717, 1.165) is 5.75 Å². The van der Waals surface area contributed by atoms with Crippen molar-refractivity contribution in [1.82, 2.24) is 0 Å². The first-order valence-corrected chi connectivity index (χ1v) is 4.47. The standard InChI is InChI=1S/C7H17NOS/c1-6(8)4-10-7(2,3)5-9/h6,9H,4-5,8H2,1-3H3/t6-/m1/s1. The van der Waals surface area contributed by atoms with Crippen molar-refractivity contribution in [3.05, 3.63) is 0 Å². The van der Waals surface area contributed by atoms with Gasteiger partial charge in [-0.15, -0.1) is 0 Å². The number of aliphatic hydroxyl groups excluding tert-OH is 1. The molecule has 0 rings (SSSR count). The van der Waals surface area contributed by atoms with Crippen molar-refractivity contribution < 1.29 is 5.11 Å². The van der Waals surface area contributed by atoms with E-state index in [2.05, 4.69) is 0 Å². The number of thioether (sulfide) groups is 1. The van der Waals surface area contributed by atoms with Crippen LogP contribution in [-0.4, -0.2) is 28.3 Å². The Morgan fingerprint density at radius 3 is 2.40 bits per heavy atom. The molecule has 0 aliphatic rings. The van der Waals surface area contributed by atoms with Crippen molar-refractivity contribution in [2.45, 2.75) is 31.6 Å². The normalized spacial score (nSPS) is 15.3. The maximum atomic E-state index is 8.85. The van der Waals surface area contributed by atoms with Crippen molar-refractivity contribution in [2.75, 3.05) is 12.4 Å². The smallest absolute Gasteiger partial charge is 0.0572 e. The Morgan fingerprint density at radius 1 is 1.60 bits per heavy atom. The monoisotopic (exact) mass is 163 g/mol. The zero-order valence-electron chi connectivity index (χ0n) is 6.92. The van der Waals surface area contributed by atoms with Gasteiger partial charge in [0.25, 0.3) is 0 Å². The zero-order chi connectivity index (χ0) is 8.20. The highest BCUT2D eigenvalue weighted by molar-refractivity contribution is 8.00. The number of hydrogen-bond acceptors (Lipinski definition) is 3. The molecule has 0 spiro atoms. The van der Waals surface area contributed by atoms with Gasteiger partial charge in [-0.1, -0.05) is 0 Å². The van der Waals surface area contributed by atoms with Crippen LogP contribution in [0.1, 0.15) is 20.8 Å². The predicted octanol–water partition coefficient (Wildman–Crippen LogP) is 0.838. The molecule has 0 radical (unpaired) electrons. The third-order valence-electron chi connectivity index (χ3n) is 1.12. The quantitative estimate of drug-likeness (QED) is 0.645. The van der Waals surface area contributed by atoms with Crippen LogP contribution in [-0.2, 0) is 0 Å². The van der Waals surface area contributed by atoms with Gasteiger partial charge < -0.3 is 10.8 Å². The highest BCUT2D eigenvalue weighted by Gasteiger charge is 2.16. The summed E-state index contributed by atoms with van der Waals surface area (Å²) in [6, 6.07) is 0.218. The first-order valence-electron chi connectivity index (χ1n) is 3.48. The molecule has 0 aromatic rings. The number of rotatable bonds is 4. The summed E-state index contributed by atoms with van der Waals surface area (Å²) < 4.78 is -0.0341. The third-order valence-corrected chi connectivity index (χ3v) is 2.72. The minimum Gasteiger partial charge on any atom is -0.395 e. The number of aliphatic hydroxyl groups is 1. The Morgan fingerprint density at radius 2 is 2.10 bits per heavy atom. The summed E-state index contributed by atoms with van der Waals surface area (Å²) in [4.78, 5) is 0. The first kappa shape index (κ1) is 10.3. The molecule has 3 heteroatoms. The van der Waals surface area contributed by atoms with Crippen molar-refractivity contribution in [3.63, 3.8) is 0 Å². The fourth-order valence-electron chi connectivity index (χ4n) is 0.403. The molecule has 0 heterocycles. The van der Waals surface area contributed by atoms with Gasteiger partial charge in [0, 0.05) is 16.5 Å². The molecule has 0 aliphatic carbocycles. The number of hydrogen-bond donors (Lipinski definition) is 2. The van der Waals surface area contributed by atoms with E-state index in [-0.39, 0.29) is 17.4 Å². The number of nitrogens with two attached hydrogens (primary N) is 1. The predicted molar refractivity (Wildman–Crippen MR) is 47.3 cm³/mol. The van der Waals surface area contributed by atoms with Crippen molar-refractivity contribution in [3.8, 4) is 0 Å². The molecule has 0 fully saturated rings. The van der Waals surface area contributed by atoms with Gasteiger partial charge in [-0.25, -0.2) is 0 Å². The van der Waals surface area contributed by atoms with Gasteiger partial charge in [-0.3, -0.25) is 0 Å². The van der Waals surface area contributed by atoms with Crippen LogP contribution in [0.25, 0.3) is 0 Å². The fraction of sp³-hybridized carbons (Fsp3) is 1.00. The summed E-state index contributed by atoms with van der Waals surface area (Å²) >= 11 is 1.71. The molecule has 0 amide bonds. The highest BCUT2D eigenvalue weighted by atomic mass is 32.2. The molecule has 0 saturated heterocycles. The zero-order valence-corrected chi connectivity index (χ0v) is 7.74. The topological polar surface area (TPSA) is 46.2 Å². The van der Waals surface area contributed by atoms with Crippen LogP contribution in [0.2, 0.25) is 0 Å². The van der Waals surface area contributed by atoms with E-state index in [0.29, 0.717) is 0 Å². The van der Waals surface area contributed by atoms with Gasteiger partial charge in [0.1, 0.15) is 0 Å². The first-order chi connectivity index (χ1) is 4.48. The molecule has 1 atom stereocenters. The van der Waals surface area contributed by atoms with Crippen LogP contribution < -0.4 is 5.73 Å². The molecule has 0 bridgehead atoms. The summed E-state index contributed by atoms with van der Waals surface area (Å²) in [5.41, 5.74) is 5.55. The van der Waals surface area contributed by atoms with Crippen LogP contribution in [0.15, 0.2) is 0 Å². The van der Waals surface area contributed by atoms with E-state index in [1.165, 1.54) is 0 Å². The summed E-state index contributed by atoms with van der Waals surface area (Å²) in [5, 5.41) is 8.85. The van der Waals surface area contributed by atoms with Gasteiger partial charge in [0.15, 0.2) is 0 Å². The second-order valence-electron chi connectivity index (χ2n) is 3.21.